The molecular formula is C14H13BrClNO. The molecule has 1 aromatic heterocycles. The predicted octanol–water partition coefficient (Wildman–Crippen LogP) is 4.33. The van der Waals surface area contributed by atoms with E-state index in [0.717, 1.165) is 15.6 Å². The molecule has 4 heteroatoms. The Balaban J connectivity index is 2.31. The van der Waals surface area contributed by atoms with Gasteiger partial charge in [-0.05, 0) is 41.5 Å². The van der Waals surface area contributed by atoms with Gasteiger partial charge in [0.1, 0.15) is 0 Å². The number of halogens is 2. The second-order valence-electron chi connectivity index (χ2n) is 4.18. The Morgan fingerprint density at radius 3 is 2.56 bits per heavy atom. The number of aliphatic hydroxyl groups excluding tert-OH is 1. The molecule has 18 heavy (non-hydrogen) atoms. The number of nitrogens with zero attached hydrogens (tertiary/aromatic N) is 1. The quantitative estimate of drug-likeness (QED) is 0.910. The Labute approximate surface area is 120 Å². The first-order valence-corrected chi connectivity index (χ1v) is 6.79. The van der Waals surface area contributed by atoms with Crippen molar-refractivity contribution in [3.05, 3.63) is 63.3 Å². The molecule has 0 amide bonds. The number of pyridine rings is 1. The molecule has 94 valence electrons. The van der Waals surface area contributed by atoms with E-state index in [2.05, 4.69) is 20.9 Å². The van der Waals surface area contributed by atoms with Gasteiger partial charge in [0.2, 0.25) is 0 Å². The third-order valence-corrected chi connectivity index (χ3v) is 3.94. The Bertz CT molecular complexity index is 533. The zero-order valence-corrected chi connectivity index (χ0v) is 12.2. The highest BCUT2D eigenvalue weighted by Gasteiger charge is 2.20. The number of benzene rings is 1. The van der Waals surface area contributed by atoms with E-state index in [1.54, 1.807) is 24.5 Å². The first kappa shape index (κ1) is 13.5. The molecule has 0 aliphatic heterocycles. The van der Waals surface area contributed by atoms with Crippen LogP contribution in [-0.4, -0.2) is 10.1 Å². The van der Waals surface area contributed by atoms with Crippen LogP contribution in [0.25, 0.3) is 0 Å². The van der Waals surface area contributed by atoms with E-state index in [9.17, 15) is 5.11 Å². The highest BCUT2D eigenvalue weighted by Crippen LogP contribution is 2.35. The van der Waals surface area contributed by atoms with Crippen molar-refractivity contribution in [3.8, 4) is 0 Å². The molecular weight excluding hydrogens is 314 g/mol. The van der Waals surface area contributed by atoms with Crippen molar-refractivity contribution in [2.75, 3.05) is 0 Å². The summed E-state index contributed by atoms with van der Waals surface area (Å²) in [5, 5.41) is 11.1. The van der Waals surface area contributed by atoms with Gasteiger partial charge in [0.15, 0.2) is 0 Å². The molecule has 2 aromatic rings. The van der Waals surface area contributed by atoms with Crippen LogP contribution in [0.2, 0.25) is 5.02 Å². The Kier molecular flexibility index (Phi) is 4.38. The number of aliphatic hydroxyl groups is 1. The van der Waals surface area contributed by atoms with E-state index in [1.807, 2.05) is 25.1 Å². The topological polar surface area (TPSA) is 33.1 Å². The van der Waals surface area contributed by atoms with Gasteiger partial charge in [-0.15, -0.1) is 0 Å². The van der Waals surface area contributed by atoms with Crippen LogP contribution in [0.4, 0.5) is 0 Å². The molecule has 2 nitrogen and oxygen atoms in total. The van der Waals surface area contributed by atoms with Crippen LogP contribution in [-0.2, 0) is 0 Å². The monoisotopic (exact) mass is 325 g/mol. The molecule has 0 saturated heterocycles. The van der Waals surface area contributed by atoms with E-state index in [0.29, 0.717) is 5.02 Å². The normalized spacial score (nSPS) is 14.2. The van der Waals surface area contributed by atoms with Crippen LogP contribution in [0.3, 0.4) is 0 Å². The summed E-state index contributed by atoms with van der Waals surface area (Å²) in [7, 11) is 0. The molecule has 0 aliphatic carbocycles. The molecule has 2 unspecified atom stereocenters. The maximum absolute atomic E-state index is 10.4. The lowest BCUT2D eigenvalue weighted by atomic mass is 9.91. The van der Waals surface area contributed by atoms with E-state index >= 15 is 0 Å². The first-order valence-electron chi connectivity index (χ1n) is 5.62. The minimum absolute atomic E-state index is 0.0252. The third-order valence-electron chi connectivity index (χ3n) is 2.98. The van der Waals surface area contributed by atoms with Crippen LogP contribution in [0.1, 0.15) is 30.1 Å². The van der Waals surface area contributed by atoms with Crippen LogP contribution in [0.15, 0.2) is 47.2 Å². The summed E-state index contributed by atoms with van der Waals surface area (Å²) in [6, 6.07) is 9.24. The van der Waals surface area contributed by atoms with Crippen LogP contribution < -0.4 is 0 Å². The van der Waals surface area contributed by atoms with Crippen molar-refractivity contribution >= 4 is 27.5 Å². The summed E-state index contributed by atoms with van der Waals surface area (Å²) >= 11 is 9.41. The second-order valence-corrected chi connectivity index (χ2v) is 5.47. The first-order chi connectivity index (χ1) is 8.59. The van der Waals surface area contributed by atoms with Crippen molar-refractivity contribution in [1.29, 1.82) is 0 Å². The zero-order valence-electron chi connectivity index (χ0n) is 9.85. The summed E-state index contributed by atoms with van der Waals surface area (Å²) in [5.41, 5.74) is 1.84. The van der Waals surface area contributed by atoms with Gasteiger partial charge in [0.25, 0.3) is 0 Å². The smallest absolute Gasteiger partial charge is 0.0867 e. The summed E-state index contributed by atoms with van der Waals surface area (Å²) in [6.07, 6.45) is 2.84. The lowest BCUT2D eigenvalue weighted by Gasteiger charge is -2.20. The highest BCUT2D eigenvalue weighted by molar-refractivity contribution is 9.10. The van der Waals surface area contributed by atoms with Gasteiger partial charge >= 0.3 is 0 Å². The summed E-state index contributed by atoms with van der Waals surface area (Å²) < 4.78 is 0.861. The number of rotatable bonds is 3. The maximum atomic E-state index is 10.4. The Morgan fingerprint density at radius 1 is 1.22 bits per heavy atom. The maximum Gasteiger partial charge on any atom is 0.0867 e. The van der Waals surface area contributed by atoms with E-state index in [-0.39, 0.29) is 5.92 Å². The van der Waals surface area contributed by atoms with Crippen molar-refractivity contribution < 1.29 is 5.11 Å². The lowest BCUT2D eigenvalue weighted by molar-refractivity contribution is 0.151. The summed E-state index contributed by atoms with van der Waals surface area (Å²) in [4.78, 5) is 3.98. The number of hydrogen-bond donors (Lipinski definition) is 1. The fourth-order valence-electron chi connectivity index (χ4n) is 1.86. The van der Waals surface area contributed by atoms with Crippen LogP contribution >= 0.6 is 27.5 Å². The lowest BCUT2D eigenvalue weighted by Crippen LogP contribution is -2.08. The van der Waals surface area contributed by atoms with E-state index in [1.165, 1.54) is 0 Å². The summed E-state index contributed by atoms with van der Waals surface area (Å²) in [5.74, 6) is -0.0252. The third kappa shape index (κ3) is 2.91. The SMILES string of the molecule is CC(c1ccncc1)C(O)c1cc(Cl)ccc1Br. The second kappa shape index (κ2) is 5.83. The van der Waals surface area contributed by atoms with Gasteiger partial charge in [-0.1, -0.05) is 34.5 Å². The Morgan fingerprint density at radius 2 is 1.89 bits per heavy atom. The minimum Gasteiger partial charge on any atom is -0.388 e. The highest BCUT2D eigenvalue weighted by atomic mass is 79.9. The molecule has 0 saturated carbocycles. The predicted molar refractivity (Wildman–Crippen MR) is 76.8 cm³/mol. The fourth-order valence-corrected chi connectivity index (χ4v) is 2.52. The van der Waals surface area contributed by atoms with Gasteiger partial charge in [0.05, 0.1) is 6.10 Å². The van der Waals surface area contributed by atoms with Gasteiger partial charge in [-0.25, -0.2) is 0 Å². The molecule has 1 heterocycles. The van der Waals surface area contributed by atoms with Crippen molar-refractivity contribution in [2.24, 2.45) is 0 Å². The van der Waals surface area contributed by atoms with Gasteiger partial charge < -0.3 is 5.11 Å². The summed E-state index contributed by atoms with van der Waals surface area (Å²) in [6.45, 7) is 1.98. The van der Waals surface area contributed by atoms with Crippen molar-refractivity contribution in [2.45, 2.75) is 18.9 Å². The largest absolute Gasteiger partial charge is 0.388 e. The van der Waals surface area contributed by atoms with E-state index < -0.39 is 6.10 Å². The average Bonchev–Trinajstić information content (AvgIpc) is 2.41. The molecule has 0 radical (unpaired) electrons. The zero-order chi connectivity index (χ0) is 13.1. The molecule has 0 bridgehead atoms. The standard InChI is InChI=1S/C14H13BrClNO/c1-9(10-4-6-17-7-5-10)14(18)12-8-11(16)2-3-13(12)15/h2-9,14,18H,1H3. The molecule has 1 aromatic carbocycles. The molecule has 0 spiro atoms. The molecule has 1 N–H and O–H groups in total. The fraction of sp³-hybridized carbons (Fsp3) is 0.214. The van der Waals surface area contributed by atoms with Gasteiger partial charge in [-0.3, -0.25) is 4.98 Å². The molecule has 2 atom stereocenters. The average molecular weight is 327 g/mol. The van der Waals surface area contributed by atoms with Gasteiger partial charge in [-0.2, -0.15) is 0 Å². The van der Waals surface area contributed by atoms with Crippen molar-refractivity contribution in [3.63, 3.8) is 0 Å². The van der Waals surface area contributed by atoms with Crippen molar-refractivity contribution in [1.82, 2.24) is 4.98 Å². The van der Waals surface area contributed by atoms with Crippen LogP contribution in [0, 0.1) is 0 Å². The Hall–Kier alpha value is -0.900. The van der Waals surface area contributed by atoms with Crippen LogP contribution in [0.5, 0.6) is 0 Å². The van der Waals surface area contributed by atoms with E-state index in [4.69, 9.17) is 11.6 Å². The molecule has 2 rings (SSSR count). The minimum atomic E-state index is -0.611. The number of aromatic nitrogens is 1. The number of hydrogen-bond acceptors (Lipinski definition) is 2. The van der Waals surface area contributed by atoms with Gasteiger partial charge in [0, 0.05) is 27.8 Å². The molecule has 0 aliphatic rings. The molecule has 0 fully saturated rings.